The number of nitrogens with zero attached hydrogens (tertiary/aromatic N) is 1. The Morgan fingerprint density at radius 1 is 1.03 bits per heavy atom. The number of rotatable bonds is 6. The molecule has 0 aliphatic carbocycles. The van der Waals surface area contributed by atoms with Gasteiger partial charge in [0.15, 0.2) is 0 Å². The van der Waals surface area contributed by atoms with E-state index in [1.807, 2.05) is 4.90 Å². The molecular formula is C22H24F3N3O2S. The van der Waals surface area contributed by atoms with Crippen LogP contribution in [-0.4, -0.2) is 30.2 Å². The van der Waals surface area contributed by atoms with E-state index in [0.717, 1.165) is 43.0 Å². The average molecular weight is 452 g/mol. The number of hydrogen-bond acceptors (Lipinski definition) is 4. The molecule has 1 aliphatic rings. The normalized spacial score (nSPS) is 14.9. The summed E-state index contributed by atoms with van der Waals surface area (Å²) in [4.78, 5) is 26.7. The third-order valence-electron chi connectivity index (χ3n) is 4.89. The van der Waals surface area contributed by atoms with Crippen LogP contribution in [-0.2, 0) is 15.8 Å². The minimum absolute atomic E-state index is 0.176. The highest BCUT2D eigenvalue weighted by Crippen LogP contribution is 2.37. The summed E-state index contributed by atoms with van der Waals surface area (Å²) in [5.41, 5.74) is 0.638. The fraction of sp³-hybridized carbons (Fsp3) is 0.364. The van der Waals surface area contributed by atoms with Crippen LogP contribution < -0.4 is 15.5 Å². The van der Waals surface area contributed by atoms with Crippen LogP contribution >= 0.6 is 11.8 Å². The van der Waals surface area contributed by atoms with Gasteiger partial charge in [0, 0.05) is 30.6 Å². The SMILES string of the molecule is CC(=O)Nc1ccc(SC(C)C(=O)Nc2cc(C(F)(F)F)ccc2N2CCCC2)cc1. The summed E-state index contributed by atoms with van der Waals surface area (Å²) in [6.07, 6.45) is -2.55. The van der Waals surface area contributed by atoms with Crippen molar-refractivity contribution < 1.29 is 22.8 Å². The number of benzene rings is 2. The van der Waals surface area contributed by atoms with E-state index in [2.05, 4.69) is 10.6 Å². The Morgan fingerprint density at radius 3 is 2.26 bits per heavy atom. The maximum atomic E-state index is 13.2. The standard InChI is InChI=1S/C22H24F3N3O2S/c1-14(31-18-8-6-17(7-9-18)26-15(2)29)21(30)27-19-13-16(22(23,24)25)5-10-20(19)28-11-3-4-12-28/h5-10,13-14H,3-4,11-12H2,1-2H3,(H,26,29)(H,27,30). The smallest absolute Gasteiger partial charge is 0.370 e. The molecule has 2 N–H and O–H groups in total. The van der Waals surface area contributed by atoms with Crippen molar-refractivity contribution in [3.05, 3.63) is 48.0 Å². The molecule has 0 radical (unpaired) electrons. The summed E-state index contributed by atoms with van der Waals surface area (Å²) in [6, 6.07) is 10.5. The molecule has 166 valence electrons. The quantitative estimate of drug-likeness (QED) is 0.579. The molecule has 2 aromatic rings. The minimum Gasteiger partial charge on any atom is -0.370 e. The van der Waals surface area contributed by atoms with E-state index in [9.17, 15) is 22.8 Å². The Balaban J connectivity index is 1.74. The van der Waals surface area contributed by atoms with Crippen LogP contribution in [0, 0.1) is 0 Å². The molecule has 0 spiro atoms. The summed E-state index contributed by atoms with van der Waals surface area (Å²) < 4.78 is 39.6. The van der Waals surface area contributed by atoms with Gasteiger partial charge in [-0.3, -0.25) is 9.59 Å². The number of thioether (sulfide) groups is 1. The van der Waals surface area contributed by atoms with E-state index in [1.54, 1.807) is 31.2 Å². The predicted octanol–water partition coefficient (Wildman–Crippen LogP) is 5.38. The van der Waals surface area contributed by atoms with Gasteiger partial charge in [0.1, 0.15) is 0 Å². The third kappa shape index (κ3) is 6.16. The zero-order chi connectivity index (χ0) is 22.6. The molecule has 0 bridgehead atoms. The van der Waals surface area contributed by atoms with Crippen molar-refractivity contribution >= 4 is 40.6 Å². The fourth-order valence-electron chi connectivity index (χ4n) is 3.36. The number of carbonyl (C=O) groups excluding carboxylic acids is 2. The van der Waals surface area contributed by atoms with Crippen LogP contribution in [0.5, 0.6) is 0 Å². The second-order valence-corrected chi connectivity index (χ2v) is 8.79. The summed E-state index contributed by atoms with van der Waals surface area (Å²) in [5, 5.41) is 4.83. The summed E-state index contributed by atoms with van der Waals surface area (Å²) in [6.45, 7) is 4.61. The Bertz CT molecular complexity index is 942. The molecule has 2 aromatic carbocycles. The number of halogens is 3. The van der Waals surface area contributed by atoms with Gasteiger partial charge in [-0.2, -0.15) is 13.2 Å². The number of alkyl halides is 3. The van der Waals surface area contributed by atoms with Crippen molar-refractivity contribution in [2.75, 3.05) is 28.6 Å². The average Bonchev–Trinajstić information content (AvgIpc) is 3.23. The molecule has 1 aliphatic heterocycles. The van der Waals surface area contributed by atoms with E-state index in [4.69, 9.17) is 0 Å². The van der Waals surface area contributed by atoms with Crippen LogP contribution in [0.3, 0.4) is 0 Å². The van der Waals surface area contributed by atoms with Crippen molar-refractivity contribution in [1.82, 2.24) is 0 Å². The highest BCUT2D eigenvalue weighted by Gasteiger charge is 2.32. The maximum absolute atomic E-state index is 13.2. The number of hydrogen-bond donors (Lipinski definition) is 2. The molecular weight excluding hydrogens is 427 g/mol. The van der Waals surface area contributed by atoms with Gasteiger partial charge in [0.25, 0.3) is 0 Å². The van der Waals surface area contributed by atoms with Crippen LogP contribution in [0.15, 0.2) is 47.4 Å². The molecule has 2 amide bonds. The van der Waals surface area contributed by atoms with Crippen molar-refractivity contribution in [1.29, 1.82) is 0 Å². The number of nitrogens with one attached hydrogen (secondary N) is 2. The largest absolute Gasteiger partial charge is 0.416 e. The summed E-state index contributed by atoms with van der Waals surface area (Å²) >= 11 is 1.29. The van der Waals surface area contributed by atoms with E-state index in [1.165, 1.54) is 24.8 Å². The van der Waals surface area contributed by atoms with E-state index in [0.29, 0.717) is 11.4 Å². The van der Waals surface area contributed by atoms with Crippen LogP contribution in [0.2, 0.25) is 0 Å². The Hall–Kier alpha value is -2.68. The summed E-state index contributed by atoms with van der Waals surface area (Å²) in [7, 11) is 0. The topological polar surface area (TPSA) is 61.4 Å². The summed E-state index contributed by atoms with van der Waals surface area (Å²) in [5.74, 6) is -0.557. The number of carbonyl (C=O) groups is 2. The fourth-order valence-corrected chi connectivity index (χ4v) is 4.23. The lowest BCUT2D eigenvalue weighted by Gasteiger charge is -2.23. The number of amides is 2. The van der Waals surface area contributed by atoms with Crippen molar-refractivity contribution in [2.24, 2.45) is 0 Å². The molecule has 0 saturated carbocycles. The predicted molar refractivity (Wildman–Crippen MR) is 118 cm³/mol. The molecule has 1 unspecified atom stereocenters. The van der Waals surface area contributed by atoms with Crippen molar-refractivity contribution in [3.8, 4) is 0 Å². The molecule has 31 heavy (non-hydrogen) atoms. The highest BCUT2D eigenvalue weighted by atomic mass is 32.2. The van der Waals surface area contributed by atoms with E-state index in [-0.39, 0.29) is 17.5 Å². The lowest BCUT2D eigenvalue weighted by Crippen LogP contribution is -2.26. The molecule has 9 heteroatoms. The first kappa shape index (κ1) is 23.0. The lowest BCUT2D eigenvalue weighted by atomic mass is 10.1. The molecule has 3 rings (SSSR count). The maximum Gasteiger partial charge on any atom is 0.416 e. The monoisotopic (exact) mass is 451 g/mol. The van der Waals surface area contributed by atoms with Crippen LogP contribution in [0.25, 0.3) is 0 Å². The molecule has 1 saturated heterocycles. The zero-order valence-corrected chi connectivity index (χ0v) is 18.1. The van der Waals surface area contributed by atoms with Crippen molar-refractivity contribution in [2.45, 2.75) is 43.0 Å². The van der Waals surface area contributed by atoms with Gasteiger partial charge in [-0.15, -0.1) is 11.8 Å². The second kappa shape index (κ2) is 9.64. The Labute approximate surface area is 183 Å². The third-order valence-corrected chi connectivity index (χ3v) is 6.00. The van der Waals surface area contributed by atoms with Gasteiger partial charge in [-0.05, 0) is 62.2 Å². The second-order valence-electron chi connectivity index (χ2n) is 7.38. The highest BCUT2D eigenvalue weighted by molar-refractivity contribution is 8.00. The van der Waals surface area contributed by atoms with Gasteiger partial charge in [-0.1, -0.05) is 0 Å². The Kier molecular flexibility index (Phi) is 7.15. The molecule has 1 heterocycles. The van der Waals surface area contributed by atoms with Crippen molar-refractivity contribution in [3.63, 3.8) is 0 Å². The van der Waals surface area contributed by atoms with Gasteiger partial charge in [-0.25, -0.2) is 0 Å². The zero-order valence-electron chi connectivity index (χ0n) is 17.3. The van der Waals surface area contributed by atoms with Gasteiger partial charge >= 0.3 is 6.18 Å². The lowest BCUT2D eigenvalue weighted by molar-refractivity contribution is -0.137. The first-order valence-electron chi connectivity index (χ1n) is 9.95. The van der Waals surface area contributed by atoms with Crippen LogP contribution in [0.1, 0.15) is 32.3 Å². The van der Waals surface area contributed by atoms with Gasteiger partial charge < -0.3 is 15.5 Å². The molecule has 0 aromatic heterocycles. The van der Waals surface area contributed by atoms with Crippen LogP contribution in [0.4, 0.5) is 30.2 Å². The van der Waals surface area contributed by atoms with E-state index < -0.39 is 17.0 Å². The minimum atomic E-state index is -4.49. The van der Waals surface area contributed by atoms with Gasteiger partial charge in [0.05, 0.1) is 22.2 Å². The first-order valence-corrected chi connectivity index (χ1v) is 10.8. The molecule has 1 fully saturated rings. The first-order chi connectivity index (χ1) is 14.6. The van der Waals surface area contributed by atoms with Gasteiger partial charge in [0.2, 0.25) is 11.8 Å². The van der Waals surface area contributed by atoms with E-state index >= 15 is 0 Å². The Morgan fingerprint density at radius 2 is 1.68 bits per heavy atom. The molecule has 5 nitrogen and oxygen atoms in total. The molecule has 1 atom stereocenters. The number of anilines is 3.